The van der Waals surface area contributed by atoms with Gasteiger partial charge in [0.05, 0.1) is 5.02 Å². The molecular formula is C23H24Cl2F3N4O3+. The number of rotatable bonds is 7. The minimum Gasteiger partial charge on any atom is -0.506 e. The fourth-order valence-electron chi connectivity index (χ4n) is 3.64. The number of piperazine rings is 1. The molecule has 1 aliphatic heterocycles. The molecule has 1 heterocycles. The van der Waals surface area contributed by atoms with Crippen molar-refractivity contribution in [1.29, 1.82) is 5.41 Å². The third-order valence-corrected chi connectivity index (χ3v) is 6.32. The first kappa shape index (κ1) is 26.8. The zero-order valence-electron chi connectivity index (χ0n) is 18.4. The van der Waals surface area contributed by atoms with Crippen LogP contribution in [0.5, 0.6) is 5.75 Å². The largest absolute Gasteiger partial charge is 0.506 e. The van der Waals surface area contributed by atoms with E-state index in [1.165, 1.54) is 18.2 Å². The predicted octanol–water partition coefficient (Wildman–Crippen LogP) is 3.02. The van der Waals surface area contributed by atoms with E-state index in [4.69, 9.17) is 28.6 Å². The van der Waals surface area contributed by atoms with Gasteiger partial charge in [-0.25, -0.2) is 0 Å². The van der Waals surface area contributed by atoms with Crippen LogP contribution in [0.25, 0.3) is 0 Å². The SMILES string of the molecule is N=C(/C(Cl)=C(\[NH2+]CC(=O)N1CCN(c2ccc(Cl)c(O)c2)CC1)C(O)c1ccccc1)C(F)(F)F. The van der Waals surface area contributed by atoms with Crippen molar-refractivity contribution in [2.45, 2.75) is 12.3 Å². The van der Waals surface area contributed by atoms with Gasteiger partial charge in [-0.2, -0.15) is 13.2 Å². The van der Waals surface area contributed by atoms with Crippen LogP contribution in [0.2, 0.25) is 5.02 Å². The van der Waals surface area contributed by atoms with Crippen LogP contribution in [0.1, 0.15) is 11.7 Å². The van der Waals surface area contributed by atoms with E-state index < -0.39 is 23.0 Å². The highest BCUT2D eigenvalue weighted by molar-refractivity contribution is 6.44. The van der Waals surface area contributed by atoms with Gasteiger partial charge in [-0.15, -0.1) is 0 Å². The van der Waals surface area contributed by atoms with Crippen LogP contribution >= 0.6 is 23.2 Å². The third kappa shape index (κ3) is 6.66. The maximum absolute atomic E-state index is 13.1. The maximum Gasteiger partial charge on any atom is 0.434 e. The molecular weight excluding hydrogens is 508 g/mol. The number of anilines is 1. The molecule has 0 bridgehead atoms. The number of nitrogens with one attached hydrogen (secondary N) is 1. The number of carbonyl (C=O) groups excluding carboxylic acids is 1. The zero-order chi connectivity index (χ0) is 25.8. The summed E-state index contributed by atoms with van der Waals surface area (Å²) < 4.78 is 39.3. The minimum atomic E-state index is -5.01. The number of carbonyl (C=O) groups is 1. The van der Waals surface area contributed by atoms with Gasteiger partial charge in [0.2, 0.25) is 0 Å². The Bertz CT molecular complexity index is 1100. The summed E-state index contributed by atoms with van der Waals surface area (Å²) in [5.41, 5.74) is -1.13. The molecule has 1 amide bonds. The first-order valence-electron chi connectivity index (χ1n) is 10.6. The number of aliphatic hydroxyl groups is 1. The topological polar surface area (TPSA) is 104 Å². The molecule has 1 atom stereocenters. The highest BCUT2D eigenvalue weighted by atomic mass is 35.5. The number of hydrogen-bond donors (Lipinski definition) is 4. The monoisotopic (exact) mass is 531 g/mol. The van der Waals surface area contributed by atoms with E-state index in [1.54, 1.807) is 35.2 Å². The summed E-state index contributed by atoms with van der Waals surface area (Å²) in [6.07, 6.45) is -6.56. The van der Waals surface area contributed by atoms with Crippen LogP contribution in [0, 0.1) is 5.41 Å². The first-order valence-corrected chi connectivity index (χ1v) is 11.4. The molecule has 0 radical (unpaired) electrons. The molecule has 0 aliphatic carbocycles. The number of aliphatic hydroxyl groups excluding tert-OH is 1. The number of halogens is 5. The number of phenolic OH excluding ortho intramolecular Hbond substituents is 1. The van der Waals surface area contributed by atoms with Gasteiger partial charge in [0.15, 0.2) is 24.1 Å². The van der Waals surface area contributed by atoms with E-state index in [-0.39, 0.29) is 34.5 Å². The van der Waals surface area contributed by atoms with Crippen LogP contribution in [-0.2, 0) is 4.79 Å². The van der Waals surface area contributed by atoms with Crippen molar-refractivity contribution in [3.05, 3.63) is 69.8 Å². The second kappa shape index (κ2) is 11.3. The van der Waals surface area contributed by atoms with Crippen LogP contribution in [0.3, 0.4) is 0 Å². The van der Waals surface area contributed by atoms with E-state index >= 15 is 0 Å². The standard InChI is InChI=1S/C23H23Cl2F3N4O3/c24-16-7-6-15(12-17(16)33)31-8-10-32(11-9-31)18(34)13-30-20(19(25)22(29)23(26,27)28)21(35)14-4-2-1-3-5-14/h1-7,12,21,29-30,33,35H,8-11,13H2/p+1/b20-19+,29-22?. The Hall–Kier alpha value is -2.79. The number of hydrogen-bond acceptors (Lipinski definition) is 5. The molecule has 5 N–H and O–H groups in total. The first-order chi connectivity index (χ1) is 16.5. The average molecular weight is 532 g/mol. The summed E-state index contributed by atoms with van der Waals surface area (Å²) in [4.78, 5) is 16.3. The summed E-state index contributed by atoms with van der Waals surface area (Å²) in [5.74, 6) is -0.403. The van der Waals surface area contributed by atoms with Gasteiger partial charge in [0.25, 0.3) is 5.91 Å². The molecule has 2 aromatic rings. The Balaban J connectivity index is 1.68. The number of benzene rings is 2. The molecule has 1 fully saturated rings. The van der Waals surface area contributed by atoms with Gasteiger partial charge in [-0.3, -0.25) is 10.2 Å². The van der Waals surface area contributed by atoms with Crippen molar-refractivity contribution < 1.29 is 33.5 Å². The van der Waals surface area contributed by atoms with E-state index in [0.29, 0.717) is 26.2 Å². The highest BCUT2D eigenvalue weighted by Gasteiger charge is 2.40. The van der Waals surface area contributed by atoms with Crippen molar-refractivity contribution in [2.24, 2.45) is 0 Å². The summed E-state index contributed by atoms with van der Waals surface area (Å²) in [5, 5.41) is 28.3. The van der Waals surface area contributed by atoms with Crippen LogP contribution in [-0.4, -0.2) is 65.6 Å². The van der Waals surface area contributed by atoms with Gasteiger partial charge in [-0.05, 0) is 17.7 Å². The molecule has 3 rings (SSSR count). The second-order valence-electron chi connectivity index (χ2n) is 7.87. The summed E-state index contributed by atoms with van der Waals surface area (Å²) in [7, 11) is 0. The maximum atomic E-state index is 13.1. The van der Waals surface area contributed by atoms with Gasteiger partial charge >= 0.3 is 6.18 Å². The summed E-state index contributed by atoms with van der Waals surface area (Å²) >= 11 is 11.7. The molecule has 0 spiro atoms. The van der Waals surface area contributed by atoms with E-state index in [9.17, 15) is 28.2 Å². The number of allylic oxidation sites excluding steroid dienone is 1. The molecule has 2 aromatic carbocycles. The zero-order valence-corrected chi connectivity index (χ0v) is 19.9. The lowest BCUT2D eigenvalue weighted by Gasteiger charge is -2.36. The molecule has 188 valence electrons. The van der Waals surface area contributed by atoms with Crippen molar-refractivity contribution in [3.8, 4) is 5.75 Å². The smallest absolute Gasteiger partial charge is 0.434 e. The lowest BCUT2D eigenvalue weighted by Crippen LogP contribution is -2.86. The Kier molecular flexibility index (Phi) is 8.65. The van der Waals surface area contributed by atoms with Crippen molar-refractivity contribution in [1.82, 2.24) is 4.90 Å². The molecule has 35 heavy (non-hydrogen) atoms. The molecule has 1 saturated heterocycles. The van der Waals surface area contributed by atoms with Crippen LogP contribution < -0.4 is 10.2 Å². The van der Waals surface area contributed by atoms with E-state index in [2.05, 4.69) is 0 Å². The van der Waals surface area contributed by atoms with Crippen LogP contribution in [0.15, 0.2) is 59.3 Å². The quantitative estimate of drug-likeness (QED) is 0.412. The molecule has 1 unspecified atom stereocenters. The molecule has 1 aliphatic rings. The third-order valence-electron chi connectivity index (χ3n) is 5.59. The number of quaternary nitrogens is 1. The fourth-order valence-corrected chi connectivity index (χ4v) is 4.05. The number of aromatic hydroxyl groups is 1. The minimum absolute atomic E-state index is 0.0464. The fraction of sp³-hybridized carbons (Fsp3) is 0.304. The number of alkyl halides is 3. The Morgan fingerprint density at radius 1 is 1.11 bits per heavy atom. The number of nitrogens with zero attached hydrogens (tertiary/aromatic N) is 2. The number of amides is 1. The Morgan fingerprint density at radius 3 is 2.31 bits per heavy atom. The lowest BCUT2D eigenvalue weighted by molar-refractivity contribution is -0.603. The Labute approximate surface area is 209 Å². The average Bonchev–Trinajstić information content (AvgIpc) is 2.85. The number of nitrogens with two attached hydrogens (primary N) is 1. The molecule has 7 nitrogen and oxygen atoms in total. The number of phenols is 1. The highest BCUT2D eigenvalue weighted by Crippen LogP contribution is 2.30. The summed E-state index contributed by atoms with van der Waals surface area (Å²) in [6, 6.07) is 12.8. The molecule has 0 aromatic heterocycles. The lowest BCUT2D eigenvalue weighted by atomic mass is 10.0. The van der Waals surface area contributed by atoms with Crippen molar-refractivity contribution >= 4 is 40.5 Å². The van der Waals surface area contributed by atoms with Gasteiger partial charge in [-0.1, -0.05) is 53.5 Å². The summed E-state index contributed by atoms with van der Waals surface area (Å²) in [6.45, 7) is 1.34. The van der Waals surface area contributed by atoms with Crippen molar-refractivity contribution in [2.75, 3.05) is 37.6 Å². The van der Waals surface area contributed by atoms with Gasteiger partial charge in [0.1, 0.15) is 10.8 Å². The van der Waals surface area contributed by atoms with E-state index in [0.717, 1.165) is 11.0 Å². The van der Waals surface area contributed by atoms with Crippen LogP contribution in [0.4, 0.5) is 18.9 Å². The van der Waals surface area contributed by atoms with Crippen molar-refractivity contribution in [3.63, 3.8) is 0 Å². The van der Waals surface area contributed by atoms with E-state index in [1.807, 2.05) is 4.90 Å². The van der Waals surface area contributed by atoms with Gasteiger partial charge in [0, 0.05) is 37.9 Å². The predicted molar refractivity (Wildman–Crippen MR) is 127 cm³/mol. The van der Waals surface area contributed by atoms with Gasteiger partial charge < -0.3 is 25.3 Å². The Morgan fingerprint density at radius 2 is 1.74 bits per heavy atom. The normalized spacial score (nSPS) is 16.1. The second-order valence-corrected chi connectivity index (χ2v) is 8.65. The molecule has 0 saturated carbocycles. The molecule has 12 heteroatoms.